The van der Waals surface area contributed by atoms with E-state index in [0.717, 1.165) is 40.2 Å². The molecule has 0 radical (unpaired) electrons. The van der Waals surface area contributed by atoms with Crippen LogP contribution >= 0.6 is 0 Å². The van der Waals surface area contributed by atoms with Crippen LogP contribution in [0.5, 0.6) is 11.5 Å². The van der Waals surface area contributed by atoms with Crippen molar-refractivity contribution >= 4 is 0 Å². The highest BCUT2D eigenvalue weighted by molar-refractivity contribution is 5.73. The maximum absolute atomic E-state index is 12.2. The fourth-order valence-corrected chi connectivity index (χ4v) is 2.62. The Balaban J connectivity index is 2.67. The lowest BCUT2D eigenvalue weighted by Crippen LogP contribution is -2.21. The largest absolute Gasteiger partial charge is 0.496 e. The average Bonchev–Trinajstić information content (AvgIpc) is 2.51. The van der Waals surface area contributed by atoms with Gasteiger partial charge < -0.3 is 14.0 Å². The molecule has 0 unspecified atom stereocenters. The minimum atomic E-state index is 0.0589. The molecule has 0 bridgehead atoms. The van der Waals surface area contributed by atoms with Gasteiger partial charge in [0, 0.05) is 29.4 Å². The van der Waals surface area contributed by atoms with Crippen LogP contribution in [-0.2, 0) is 6.54 Å². The number of nitrogens with zero attached hydrogens (tertiary/aromatic N) is 1. The molecular weight excluding hydrogens is 278 g/mol. The normalized spacial score (nSPS) is 10.6. The molecule has 0 saturated carbocycles. The number of methoxy groups -OCH3 is 2. The molecule has 1 aromatic heterocycles. The standard InChI is InChI=1S/C18H23NO3/c1-6-7-19-11-14(8-13(3)18(19)20)15-10-16(21-4)12(2)9-17(15)22-5/h8-11H,6-7H2,1-5H3. The van der Waals surface area contributed by atoms with Crippen LogP contribution in [0.4, 0.5) is 0 Å². The van der Waals surface area contributed by atoms with Crippen LogP contribution in [-0.4, -0.2) is 18.8 Å². The van der Waals surface area contributed by atoms with E-state index < -0.39 is 0 Å². The Morgan fingerprint density at radius 1 is 1.00 bits per heavy atom. The quantitative estimate of drug-likeness (QED) is 0.848. The van der Waals surface area contributed by atoms with Gasteiger partial charge in [0.05, 0.1) is 14.2 Å². The van der Waals surface area contributed by atoms with Crippen molar-refractivity contribution in [2.24, 2.45) is 0 Å². The van der Waals surface area contributed by atoms with E-state index in [4.69, 9.17) is 9.47 Å². The van der Waals surface area contributed by atoms with E-state index in [0.29, 0.717) is 6.54 Å². The number of hydrogen-bond acceptors (Lipinski definition) is 3. The first-order valence-corrected chi connectivity index (χ1v) is 7.45. The summed E-state index contributed by atoms with van der Waals surface area (Å²) in [7, 11) is 3.31. The molecule has 0 N–H and O–H groups in total. The predicted octanol–water partition coefficient (Wildman–Crippen LogP) is 3.56. The second kappa shape index (κ2) is 6.69. The molecule has 0 saturated heterocycles. The minimum Gasteiger partial charge on any atom is -0.496 e. The Labute approximate surface area is 131 Å². The molecule has 0 aliphatic carbocycles. The first-order chi connectivity index (χ1) is 10.5. The summed E-state index contributed by atoms with van der Waals surface area (Å²) in [5.74, 6) is 1.58. The third-order valence-corrected chi connectivity index (χ3v) is 3.76. The lowest BCUT2D eigenvalue weighted by atomic mass is 10.0. The zero-order valence-electron chi connectivity index (χ0n) is 13.9. The third kappa shape index (κ3) is 3.01. The van der Waals surface area contributed by atoms with Crippen molar-refractivity contribution in [3.05, 3.63) is 45.9 Å². The first kappa shape index (κ1) is 16.1. The minimum absolute atomic E-state index is 0.0589. The lowest BCUT2D eigenvalue weighted by molar-refractivity contribution is 0.402. The Morgan fingerprint density at radius 3 is 2.27 bits per heavy atom. The number of ether oxygens (including phenoxy) is 2. The molecule has 118 valence electrons. The SMILES string of the molecule is CCCn1cc(-c2cc(OC)c(C)cc2OC)cc(C)c1=O. The summed E-state index contributed by atoms with van der Waals surface area (Å²) in [6, 6.07) is 5.82. The average molecular weight is 301 g/mol. The summed E-state index contributed by atoms with van der Waals surface area (Å²) < 4.78 is 12.7. The van der Waals surface area contributed by atoms with Crippen LogP contribution in [0.1, 0.15) is 24.5 Å². The van der Waals surface area contributed by atoms with Gasteiger partial charge in [-0.15, -0.1) is 0 Å². The van der Waals surface area contributed by atoms with Gasteiger partial charge in [-0.05, 0) is 44.0 Å². The maximum atomic E-state index is 12.2. The Hall–Kier alpha value is -2.23. The number of rotatable bonds is 5. The van der Waals surface area contributed by atoms with Gasteiger partial charge in [0.1, 0.15) is 11.5 Å². The zero-order chi connectivity index (χ0) is 16.3. The second-order valence-electron chi connectivity index (χ2n) is 5.43. The molecule has 1 heterocycles. The number of hydrogen-bond donors (Lipinski definition) is 0. The summed E-state index contributed by atoms with van der Waals surface area (Å²) in [6.45, 7) is 6.59. The van der Waals surface area contributed by atoms with E-state index in [1.54, 1.807) is 18.8 Å². The van der Waals surface area contributed by atoms with Crippen LogP contribution < -0.4 is 15.0 Å². The molecule has 2 rings (SSSR count). The van der Waals surface area contributed by atoms with Crippen molar-refractivity contribution in [3.63, 3.8) is 0 Å². The Morgan fingerprint density at radius 2 is 1.68 bits per heavy atom. The summed E-state index contributed by atoms with van der Waals surface area (Å²) in [5, 5.41) is 0. The number of aromatic nitrogens is 1. The van der Waals surface area contributed by atoms with Crippen LogP contribution in [0.3, 0.4) is 0 Å². The monoisotopic (exact) mass is 301 g/mol. The van der Waals surface area contributed by atoms with Crippen molar-refractivity contribution in [2.75, 3.05) is 14.2 Å². The fourth-order valence-electron chi connectivity index (χ4n) is 2.62. The van der Waals surface area contributed by atoms with E-state index in [1.165, 1.54) is 0 Å². The zero-order valence-corrected chi connectivity index (χ0v) is 13.9. The maximum Gasteiger partial charge on any atom is 0.253 e. The van der Waals surface area contributed by atoms with E-state index in [9.17, 15) is 4.79 Å². The predicted molar refractivity (Wildman–Crippen MR) is 89.0 cm³/mol. The highest BCUT2D eigenvalue weighted by atomic mass is 16.5. The highest BCUT2D eigenvalue weighted by Gasteiger charge is 2.13. The van der Waals surface area contributed by atoms with Crippen LogP contribution in [0, 0.1) is 13.8 Å². The molecule has 0 fully saturated rings. The van der Waals surface area contributed by atoms with E-state index in [1.807, 2.05) is 38.2 Å². The van der Waals surface area contributed by atoms with Gasteiger partial charge >= 0.3 is 0 Å². The lowest BCUT2D eigenvalue weighted by Gasteiger charge is -2.15. The van der Waals surface area contributed by atoms with Gasteiger partial charge in [-0.3, -0.25) is 4.79 Å². The molecule has 1 aromatic carbocycles. The molecular formula is C18H23NO3. The number of aryl methyl sites for hydroxylation is 3. The highest BCUT2D eigenvalue weighted by Crippen LogP contribution is 2.35. The fraction of sp³-hybridized carbons (Fsp3) is 0.389. The Bertz CT molecular complexity index is 732. The van der Waals surface area contributed by atoms with Crippen molar-refractivity contribution in [3.8, 4) is 22.6 Å². The summed E-state index contributed by atoms with van der Waals surface area (Å²) in [5.41, 5.74) is 3.69. The first-order valence-electron chi connectivity index (χ1n) is 7.45. The summed E-state index contributed by atoms with van der Waals surface area (Å²) in [6.07, 6.45) is 2.81. The van der Waals surface area contributed by atoms with Gasteiger partial charge in [-0.2, -0.15) is 0 Å². The van der Waals surface area contributed by atoms with Gasteiger partial charge in [0.25, 0.3) is 5.56 Å². The van der Waals surface area contributed by atoms with Gasteiger partial charge in [0.2, 0.25) is 0 Å². The van der Waals surface area contributed by atoms with E-state index in [2.05, 4.69) is 6.92 Å². The summed E-state index contributed by atoms with van der Waals surface area (Å²) in [4.78, 5) is 12.2. The van der Waals surface area contributed by atoms with Gasteiger partial charge in [-0.25, -0.2) is 0 Å². The summed E-state index contributed by atoms with van der Waals surface area (Å²) >= 11 is 0. The van der Waals surface area contributed by atoms with Crippen LogP contribution in [0.25, 0.3) is 11.1 Å². The number of pyridine rings is 1. The van der Waals surface area contributed by atoms with Crippen molar-refractivity contribution in [1.29, 1.82) is 0 Å². The molecule has 0 aliphatic rings. The Kier molecular flexibility index (Phi) is 4.91. The molecule has 4 heteroatoms. The number of benzene rings is 1. The van der Waals surface area contributed by atoms with E-state index >= 15 is 0 Å². The molecule has 0 amide bonds. The molecule has 0 atom stereocenters. The van der Waals surface area contributed by atoms with E-state index in [-0.39, 0.29) is 5.56 Å². The molecule has 0 spiro atoms. The molecule has 2 aromatic rings. The second-order valence-corrected chi connectivity index (χ2v) is 5.43. The third-order valence-electron chi connectivity index (χ3n) is 3.76. The molecule has 0 aliphatic heterocycles. The molecule has 22 heavy (non-hydrogen) atoms. The van der Waals surface area contributed by atoms with Crippen LogP contribution in [0.2, 0.25) is 0 Å². The van der Waals surface area contributed by atoms with Crippen molar-refractivity contribution in [1.82, 2.24) is 4.57 Å². The van der Waals surface area contributed by atoms with Crippen molar-refractivity contribution < 1.29 is 9.47 Å². The van der Waals surface area contributed by atoms with Gasteiger partial charge in [0.15, 0.2) is 0 Å². The topological polar surface area (TPSA) is 40.5 Å². The van der Waals surface area contributed by atoms with Gasteiger partial charge in [-0.1, -0.05) is 6.92 Å². The van der Waals surface area contributed by atoms with Crippen molar-refractivity contribution in [2.45, 2.75) is 33.7 Å². The molecule has 4 nitrogen and oxygen atoms in total. The smallest absolute Gasteiger partial charge is 0.253 e. The van der Waals surface area contributed by atoms with Crippen LogP contribution in [0.15, 0.2) is 29.2 Å².